The van der Waals surface area contributed by atoms with Crippen molar-refractivity contribution >= 4 is 23.5 Å². The lowest BCUT2D eigenvalue weighted by Crippen LogP contribution is -2.39. The molecule has 0 saturated carbocycles. The molecular weight excluding hydrogens is 354 g/mol. The Kier molecular flexibility index (Phi) is 6.32. The minimum absolute atomic E-state index is 0.0398. The van der Waals surface area contributed by atoms with Gasteiger partial charge in [0.25, 0.3) is 11.8 Å². The molecule has 9 heteroatoms. The number of carboxylic acid groups (broad SMARTS) is 1. The number of rotatable bonds is 7. The van der Waals surface area contributed by atoms with E-state index in [0.717, 1.165) is 0 Å². The Morgan fingerprint density at radius 1 is 1.07 bits per heavy atom. The summed E-state index contributed by atoms with van der Waals surface area (Å²) in [5.74, 6) is -1.56. The average Bonchev–Trinajstić information content (AvgIpc) is 2.67. The van der Waals surface area contributed by atoms with Gasteiger partial charge in [-0.25, -0.2) is 0 Å². The van der Waals surface area contributed by atoms with Crippen molar-refractivity contribution in [3.63, 3.8) is 0 Å². The molecule has 27 heavy (non-hydrogen) atoms. The number of nitrogens with zero attached hydrogens (tertiary/aromatic N) is 1. The summed E-state index contributed by atoms with van der Waals surface area (Å²) < 4.78 is 10.3. The summed E-state index contributed by atoms with van der Waals surface area (Å²) in [4.78, 5) is 39.7. The third kappa shape index (κ3) is 4.72. The normalized spacial score (nSPS) is 11.2. The highest BCUT2D eigenvalue weighted by Crippen LogP contribution is 2.29. The van der Waals surface area contributed by atoms with E-state index < -0.39 is 23.8 Å². The Hall–Kier alpha value is -3.62. The maximum absolute atomic E-state index is 12.7. The van der Waals surface area contributed by atoms with E-state index in [-0.39, 0.29) is 11.1 Å². The van der Waals surface area contributed by atoms with Crippen LogP contribution in [0.2, 0.25) is 0 Å². The maximum Gasteiger partial charge on any atom is 0.325 e. The van der Waals surface area contributed by atoms with Crippen LogP contribution in [-0.4, -0.2) is 48.1 Å². The molecular formula is C18H19N3O6. The van der Waals surface area contributed by atoms with Crippen molar-refractivity contribution in [2.45, 2.75) is 13.0 Å². The highest BCUT2D eigenvalue weighted by Gasteiger charge is 2.21. The molecule has 2 rings (SSSR count). The summed E-state index contributed by atoms with van der Waals surface area (Å²) in [5.41, 5.74) is 0.374. The lowest BCUT2D eigenvalue weighted by Gasteiger charge is -2.14. The summed E-state index contributed by atoms with van der Waals surface area (Å²) in [6.45, 7) is 1.32. The van der Waals surface area contributed by atoms with Gasteiger partial charge < -0.3 is 25.2 Å². The molecule has 1 unspecified atom stereocenters. The third-order valence-electron chi connectivity index (χ3n) is 3.69. The minimum Gasteiger partial charge on any atom is -0.497 e. The third-order valence-corrected chi connectivity index (χ3v) is 3.69. The van der Waals surface area contributed by atoms with Crippen molar-refractivity contribution in [3.8, 4) is 11.5 Å². The second-order valence-corrected chi connectivity index (χ2v) is 5.47. The van der Waals surface area contributed by atoms with Gasteiger partial charge in [-0.15, -0.1) is 0 Å². The molecule has 0 fully saturated rings. The number of hydrogen-bond donors (Lipinski definition) is 3. The van der Waals surface area contributed by atoms with Gasteiger partial charge in [-0.1, -0.05) is 0 Å². The van der Waals surface area contributed by atoms with Crippen LogP contribution in [-0.2, 0) is 4.79 Å². The Bertz CT molecular complexity index is 868. The Morgan fingerprint density at radius 3 is 2.44 bits per heavy atom. The molecule has 0 aliphatic carbocycles. The van der Waals surface area contributed by atoms with E-state index in [1.165, 1.54) is 39.6 Å². The zero-order chi connectivity index (χ0) is 20.0. The topological polar surface area (TPSA) is 127 Å². The summed E-state index contributed by atoms with van der Waals surface area (Å²) in [7, 11) is 2.95. The first kappa shape index (κ1) is 19.7. The zero-order valence-corrected chi connectivity index (χ0v) is 15.0. The van der Waals surface area contributed by atoms with Crippen molar-refractivity contribution in [1.82, 2.24) is 10.3 Å². The van der Waals surface area contributed by atoms with Gasteiger partial charge >= 0.3 is 5.97 Å². The van der Waals surface area contributed by atoms with E-state index in [1.807, 2.05) is 0 Å². The predicted octanol–water partition coefficient (Wildman–Crippen LogP) is 1.55. The zero-order valence-electron chi connectivity index (χ0n) is 15.0. The van der Waals surface area contributed by atoms with Crippen LogP contribution in [0.25, 0.3) is 0 Å². The van der Waals surface area contributed by atoms with Crippen LogP contribution in [0, 0.1) is 0 Å². The van der Waals surface area contributed by atoms with Crippen LogP contribution >= 0.6 is 0 Å². The second kappa shape index (κ2) is 8.65. The lowest BCUT2D eigenvalue weighted by atomic mass is 10.1. The molecule has 1 atom stereocenters. The van der Waals surface area contributed by atoms with Gasteiger partial charge in [-0.05, 0) is 25.1 Å². The maximum atomic E-state index is 12.7. The van der Waals surface area contributed by atoms with Gasteiger partial charge in [0.2, 0.25) is 0 Å². The number of pyridine rings is 1. The smallest absolute Gasteiger partial charge is 0.325 e. The monoisotopic (exact) mass is 373 g/mol. The molecule has 142 valence electrons. The number of ether oxygens (including phenoxy) is 2. The molecule has 1 aromatic carbocycles. The largest absolute Gasteiger partial charge is 0.497 e. The fraction of sp³-hybridized carbons (Fsp3) is 0.222. The Balaban J connectivity index is 2.27. The molecule has 1 aromatic heterocycles. The van der Waals surface area contributed by atoms with Gasteiger partial charge in [0.1, 0.15) is 17.5 Å². The number of aliphatic carboxylic acids is 1. The molecule has 2 aromatic rings. The van der Waals surface area contributed by atoms with Crippen LogP contribution in [0.15, 0.2) is 36.7 Å². The number of aromatic nitrogens is 1. The number of nitrogens with one attached hydrogen (secondary N) is 2. The molecule has 0 saturated heterocycles. The van der Waals surface area contributed by atoms with E-state index in [0.29, 0.717) is 17.2 Å². The first-order chi connectivity index (χ1) is 12.9. The second-order valence-electron chi connectivity index (χ2n) is 5.47. The lowest BCUT2D eigenvalue weighted by molar-refractivity contribution is -0.138. The van der Waals surface area contributed by atoms with E-state index in [4.69, 9.17) is 14.6 Å². The van der Waals surface area contributed by atoms with Crippen LogP contribution in [0.4, 0.5) is 5.69 Å². The van der Waals surface area contributed by atoms with E-state index >= 15 is 0 Å². The van der Waals surface area contributed by atoms with E-state index in [2.05, 4.69) is 15.6 Å². The predicted molar refractivity (Wildman–Crippen MR) is 96.3 cm³/mol. The quantitative estimate of drug-likeness (QED) is 0.672. The SMILES string of the molecule is COc1ccc(NC(=O)c2ccncc2C(=O)NC(C)C(=O)O)c(OC)c1. The minimum atomic E-state index is -1.19. The van der Waals surface area contributed by atoms with Crippen LogP contribution in [0.3, 0.4) is 0 Å². The van der Waals surface area contributed by atoms with Crippen molar-refractivity contribution in [2.24, 2.45) is 0 Å². The highest BCUT2D eigenvalue weighted by molar-refractivity contribution is 6.12. The Labute approximate surface area is 155 Å². The highest BCUT2D eigenvalue weighted by atomic mass is 16.5. The first-order valence-electron chi connectivity index (χ1n) is 7.88. The summed E-state index contributed by atoms with van der Waals surface area (Å²) in [6.07, 6.45) is 2.56. The van der Waals surface area contributed by atoms with Gasteiger partial charge in [0, 0.05) is 18.5 Å². The molecule has 0 aliphatic heterocycles. The number of anilines is 1. The van der Waals surface area contributed by atoms with Crippen molar-refractivity contribution in [1.29, 1.82) is 0 Å². The first-order valence-corrected chi connectivity index (χ1v) is 7.88. The molecule has 0 aliphatic rings. The molecule has 1 heterocycles. The number of amides is 2. The van der Waals surface area contributed by atoms with E-state index in [9.17, 15) is 14.4 Å². The number of carboxylic acids is 1. The van der Waals surface area contributed by atoms with Crippen LogP contribution in [0.1, 0.15) is 27.6 Å². The number of methoxy groups -OCH3 is 2. The van der Waals surface area contributed by atoms with Crippen LogP contribution < -0.4 is 20.1 Å². The summed E-state index contributed by atoms with van der Waals surface area (Å²) in [5, 5.41) is 13.9. The summed E-state index contributed by atoms with van der Waals surface area (Å²) in [6, 6.07) is 5.10. The number of benzene rings is 1. The molecule has 0 spiro atoms. The molecule has 9 nitrogen and oxygen atoms in total. The number of hydrogen-bond acceptors (Lipinski definition) is 6. The molecule has 0 bridgehead atoms. The van der Waals surface area contributed by atoms with Crippen molar-refractivity contribution in [2.75, 3.05) is 19.5 Å². The van der Waals surface area contributed by atoms with Gasteiger partial charge in [0.15, 0.2) is 0 Å². The average molecular weight is 373 g/mol. The summed E-state index contributed by atoms with van der Waals surface area (Å²) >= 11 is 0. The molecule has 2 amide bonds. The van der Waals surface area contributed by atoms with Crippen LogP contribution in [0.5, 0.6) is 11.5 Å². The van der Waals surface area contributed by atoms with Gasteiger partial charge in [0.05, 0.1) is 31.0 Å². The Morgan fingerprint density at radius 2 is 1.81 bits per heavy atom. The fourth-order valence-corrected chi connectivity index (χ4v) is 2.20. The fourth-order valence-electron chi connectivity index (χ4n) is 2.20. The van der Waals surface area contributed by atoms with E-state index in [1.54, 1.807) is 18.2 Å². The van der Waals surface area contributed by atoms with Crippen molar-refractivity contribution in [3.05, 3.63) is 47.8 Å². The van der Waals surface area contributed by atoms with Crippen molar-refractivity contribution < 1.29 is 29.0 Å². The van der Waals surface area contributed by atoms with Gasteiger partial charge in [-0.3, -0.25) is 19.4 Å². The standard InChI is InChI=1S/C18H19N3O6/c1-10(18(24)25)20-17(23)13-9-19-7-6-12(13)16(22)21-14-5-4-11(26-2)8-15(14)27-3/h4-10H,1-3H3,(H,20,23)(H,21,22)(H,24,25). The number of carbonyl (C=O) groups is 3. The molecule has 3 N–H and O–H groups in total. The number of carbonyl (C=O) groups excluding carboxylic acids is 2. The molecule has 0 radical (unpaired) electrons. The van der Waals surface area contributed by atoms with Gasteiger partial charge in [-0.2, -0.15) is 0 Å².